The fraction of sp³-hybridized carbons (Fsp3) is 0.611. The Morgan fingerprint density at radius 3 is 2.74 bits per heavy atom. The first kappa shape index (κ1) is 16.3. The number of hydrogen-bond acceptors (Lipinski definition) is 4. The SMILES string of the molecule is COc1ccc(NC(=O)C2CCCN2CC2CCC(C)O2)cc1. The van der Waals surface area contributed by atoms with E-state index >= 15 is 0 Å². The molecule has 5 heteroatoms. The van der Waals surface area contributed by atoms with Gasteiger partial charge in [-0.3, -0.25) is 9.69 Å². The molecular formula is C18H26N2O3. The van der Waals surface area contributed by atoms with Gasteiger partial charge >= 0.3 is 0 Å². The number of amides is 1. The highest BCUT2D eigenvalue weighted by molar-refractivity contribution is 5.95. The van der Waals surface area contributed by atoms with Gasteiger partial charge in [0.1, 0.15) is 5.75 Å². The van der Waals surface area contributed by atoms with Crippen LogP contribution in [-0.4, -0.2) is 49.3 Å². The van der Waals surface area contributed by atoms with Crippen molar-refractivity contribution in [3.8, 4) is 5.75 Å². The Balaban J connectivity index is 1.56. The lowest BCUT2D eigenvalue weighted by Gasteiger charge is -2.26. The third kappa shape index (κ3) is 4.03. The molecule has 0 saturated carbocycles. The van der Waals surface area contributed by atoms with Gasteiger partial charge in [-0.05, 0) is 63.4 Å². The van der Waals surface area contributed by atoms with Gasteiger partial charge < -0.3 is 14.8 Å². The number of anilines is 1. The highest BCUT2D eigenvalue weighted by Gasteiger charge is 2.34. The first-order valence-electron chi connectivity index (χ1n) is 8.50. The molecule has 126 valence electrons. The van der Waals surface area contributed by atoms with Crippen LogP contribution in [0.3, 0.4) is 0 Å². The molecule has 0 spiro atoms. The average molecular weight is 318 g/mol. The molecule has 1 amide bonds. The summed E-state index contributed by atoms with van der Waals surface area (Å²) in [6.07, 6.45) is 4.85. The van der Waals surface area contributed by atoms with E-state index < -0.39 is 0 Å². The van der Waals surface area contributed by atoms with Crippen LogP contribution in [0.4, 0.5) is 5.69 Å². The number of carbonyl (C=O) groups excluding carboxylic acids is 1. The van der Waals surface area contributed by atoms with Crippen LogP contribution in [0.2, 0.25) is 0 Å². The van der Waals surface area contributed by atoms with E-state index in [1.807, 2.05) is 24.3 Å². The van der Waals surface area contributed by atoms with E-state index in [2.05, 4.69) is 17.1 Å². The maximum Gasteiger partial charge on any atom is 0.241 e. The molecule has 1 N–H and O–H groups in total. The van der Waals surface area contributed by atoms with Crippen molar-refractivity contribution >= 4 is 11.6 Å². The minimum atomic E-state index is -0.0448. The van der Waals surface area contributed by atoms with Crippen LogP contribution < -0.4 is 10.1 Å². The van der Waals surface area contributed by atoms with E-state index in [1.165, 1.54) is 0 Å². The normalized spacial score (nSPS) is 28.0. The van der Waals surface area contributed by atoms with E-state index in [-0.39, 0.29) is 18.1 Å². The predicted molar refractivity (Wildman–Crippen MR) is 89.8 cm³/mol. The van der Waals surface area contributed by atoms with Crippen molar-refractivity contribution in [1.29, 1.82) is 0 Å². The van der Waals surface area contributed by atoms with Crippen molar-refractivity contribution in [2.24, 2.45) is 0 Å². The number of nitrogens with zero attached hydrogens (tertiary/aromatic N) is 1. The smallest absolute Gasteiger partial charge is 0.241 e. The zero-order chi connectivity index (χ0) is 16.2. The number of hydrogen-bond donors (Lipinski definition) is 1. The van der Waals surface area contributed by atoms with Crippen molar-refractivity contribution in [1.82, 2.24) is 4.90 Å². The van der Waals surface area contributed by atoms with Crippen molar-refractivity contribution in [3.05, 3.63) is 24.3 Å². The van der Waals surface area contributed by atoms with Crippen molar-refractivity contribution in [2.75, 3.05) is 25.5 Å². The predicted octanol–water partition coefficient (Wildman–Crippen LogP) is 2.67. The molecule has 2 aliphatic rings. The number of likely N-dealkylation sites (tertiary alicyclic amines) is 1. The zero-order valence-electron chi connectivity index (χ0n) is 14.0. The second-order valence-corrected chi connectivity index (χ2v) is 6.52. The van der Waals surface area contributed by atoms with Gasteiger partial charge in [0.2, 0.25) is 5.91 Å². The van der Waals surface area contributed by atoms with Crippen LogP contribution in [0, 0.1) is 0 Å². The average Bonchev–Trinajstić information content (AvgIpc) is 3.17. The van der Waals surface area contributed by atoms with Crippen LogP contribution >= 0.6 is 0 Å². The summed E-state index contributed by atoms with van der Waals surface area (Å²) in [7, 11) is 1.63. The Hall–Kier alpha value is -1.59. The molecule has 2 heterocycles. The summed E-state index contributed by atoms with van der Waals surface area (Å²) >= 11 is 0. The summed E-state index contributed by atoms with van der Waals surface area (Å²) in [6, 6.07) is 7.41. The lowest BCUT2D eigenvalue weighted by Crippen LogP contribution is -2.43. The molecule has 1 aromatic carbocycles. The van der Waals surface area contributed by atoms with Crippen LogP contribution in [0.1, 0.15) is 32.6 Å². The molecule has 0 bridgehead atoms. The second-order valence-electron chi connectivity index (χ2n) is 6.52. The van der Waals surface area contributed by atoms with Crippen LogP contribution in [0.5, 0.6) is 5.75 Å². The molecule has 0 radical (unpaired) electrons. The topological polar surface area (TPSA) is 50.8 Å². The van der Waals surface area contributed by atoms with E-state index in [9.17, 15) is 4.79 Å². The Morgan fingerprint density at radius 2 is 2.09 bits per heavy atom. The van der Waals surface area contributed by atoms with Crippen LogP contribution in [0.25, 0.3) is 0 Å². The molecule has 2 fully saturated rings. The Kier molecular flexibility index (Phi) is 5.18. The highest BCUT2D eigenvalue weighted by Crippen LogP contribution is 2.25. The number of rotatable bonds is 5. The Labute approximate surface area is 137 Å². The molecule has 23 heavy (non-hydrogen) atoms. The highest BCUT2D eigenvalue weighted by atomic mass is 16.5. The summed E-state index contributed by atoms with van der Waals surface area (Å²) in [6.45, 7) is 3.97. The van der Waals surface area contributed by atoms with Gasteiger partial charge in [-0.25, -0.2) is 0 Å². The molecule has 2 aliphatic heterocycles. The van der Waals surface area contributed by atoms with Gasteiger partial charge in [0.15, 0.2) is 0 Å². The van der Waals surface area contributed by atoms with Crippen LogP contribution in [-0.2, 0) is 9.53 Å². The lowest BCUT2D eigenvalue weighted by atomic mass is 10.1. The molecule has 2 saturated heterocycles. The zero-order valence-corrected chi connectivity index (χ0v) is 14.0. The first-order valence-corrected chi connectivity index (χ1v) is 8.50. The van der Waals surface area contributed by atoms with Gasteiger partial charge in [-0.2, -0.15) is 0 Å². The number of nitrogens with one attached hydrogen (secondary N) is 1. The molecule has 3 rings (SSSR count). The van der Waals surface area contributed by atoms with E-state index in [0.717, 1.165) is 50.2 Å². The Morgan fingerprint density at radius 1 is 1.30 bits per heavy atom. The summed E-state index contributed by atoms with van der Waals surface area (Å²) in [5.74, 6) is 0.872. The third-order valence-electron chi connectivity index (χ3n) is 4.78. The molecule has 0 aromatic heterocycles. The molecular weight excluding hydrogens is 292 g/mol. The van der Waals surface area contributed by atoms with E-state index in [0.29, 0.717) is 6.10 Å². The van der Waals surface area contributed by atoms with E-state index in [4.69, 9.17) is 9.47 Å². The van der Waals surface area contributed by atoms with Gasteiger partial charge in [-0.1, -0.05) is 0 Å². The van der Waals surface area contributed by atoms with E-state index in [1.54, 1.807) is 7.11 Å². The second kappa shape index (κ2) is 7.32. The third-order valence-corrected chi connectivity index (χ3v) is 4.78. The minimum absolute atomic E-state index is 0.0448. The van der Waals surface area contributed by atoms with Gasteiger partial charge in [0.05, 0.1) is 25.4 Å². The van der Waals surface area contributed by atoms with Crippen LogP contribution in [0.15, 0.2) is 24.3 Å². The number of methoxy groups -OCH3 is 1. The summed E-state index contributed by atoms with van der Waals surface area (Å²) in [4.78, 5) is 14.9. The minimum Gasteiger partial charge on any atom is -0.497 e. The molecule has 1 aromatic rings. The first-order chi connectivity index (χ1) is 11.2. The largest absolute Gasteiger partial charge is 0.497 e. The number of carbonyl (C=O) groups is 1. The van der Waals surface area contributed by atoms with Gasteiger partial charge in [0, 0.05) is 12.2 Å². The summed E-state index contributed by atoms with van der Waals surface area (Å²) in [5, 5.41) is 3.02. The van der Waals surface area contributed by atoms with Crippen molar-refractivity contribution in [2.45, 2.75) is 50.9 Å². The quantitative estimate of drug-likeness (QED) is 0.907. The Bertz CT molecular complexity index is 532. The summed E-state index contributed by atoms with van der Waals surface area (Å²) in [5.41, 5.74) is 0.813. The molecule has 3 atom stereocenters. The lowest BCUT2D eigenvalue weighted by molar-refractivity contribution is -0.120. The fourth-order valence-corrected chi connectivity index (χ4v) is 3.52. The standard InChI is InChI=1S/C18H26N2O3/c1-13-5-8-16(23-13)12-20-11-3-4-17(20)18(21)19-14-6-9-15(22-2)10-7-14/h6-7,9-10,13,16-17H,3-5,8,11-12H2,1-2H3,(H,19,21). The number of benzene rings is 1. The molecule has 5 nitrogen and oxygen atoms in total. The maximum absolute atomic E-state index is 12.6. The number of ether oxygens (including phenoxy) is 2. The van der Waals surface area contributed by atoms with Crippen molar-refractivity contribution in [3.63, 3.8) is 0 Å². The summed E-state index contributed by atoms with van der Waals surface area (Å²) < 4.78 is 11.0. The fourth-order valence-electron chi connectivity index (χ4n) is 3.52. The van der Waals surface area contributed by atoms with Gasteiger partial charge in [-0.15, -0.1) is 0 Å². The molecule has 3 unspecified atom stereocenters. The molecule has 0 aliphatic carbocycles. The van der Waals surface area contributed by atoms with Gasteiger partial charge in [0.25, 0.3) is 0 Å². The van der Waals surface area contributed by atoms with Crippen molar-refractivity contribution < 1.29 is 14.3 Å². The monoisotopic (exact) mass is 318 g/mol. The maximum atomic E-state index is 12.6.